The number of nitrogens with zero attached hydrogens (tertiary/aromatic N) is 2. The van der Waals surface area contributed by atoms with Crippen LogP contribution in [0, 0.1) is 0 Å². The van der Waals surface area contributed by atoms with Crippen LogP contribution in [0.25, 0.3) is 22.1 Å². The summed E-state index contributed by atoms with van der Waals surface area (Å²) in [6.45, 7) is 0. The van der Waals surface area contributed by atoms with E-state index in [9.17, 15) is 4.79 Å². The summed E-state index contributed by atoms with van der Waals surface area (Å²) in [6.07, 6.45) is 3.42. The molecular formula is C13H8N2O3. The largest absolute Gasteiger partial charge is 0.476 e. The Morgan fingerprint density at radius 2 is 2.17 bits per heavy atom. The van der Waals surface area contributed by atoms with Crippen molar-refractivity contribution in [2.45, 2.75) is 0 Å². The predicted octanol–water partition coefficient (Wildman–Crippen LogP) is 2.59. The van der Waals surface area contributed by atoms with Gasteiger partial charge >= 0.3 is 5.97 Å². The van der Waals surface area contributed by atoms with E-state index in [0.717, 1.165) is 16.3 Å². The van der Waals surface area contributed by atoms with E-state index in [4.69, 9.17) is 9.63 Å². The highest BCUT2D eigenvalue weighted by molar-refractivity contribution is 5.95. The molecule has 5 heteroatoms. The summed E-state index contributed by atoms with van der Waals surface area (Å²) in [6, 6.07) is 8.96. The van der Waals surface area contributed by atoms with Gasteiger partial charge in [-0.2, -0.15) is 0 Å². The summed E-state index contributed by atoms with van der Waals surface area (Å²) in [5.41, 5.74) is 0.673. The van der Waals surface area contributed by atoms with E-state index in [1.54, 1.807) is 12.4 Å². The zero-order valence-electron chi connectivity index (χ0n) is 9.20. The molecule has 0 fully saturated rings. The number of carboxylic acid groups (broad SMARTS) is 1. The summed E-state index contributed by atoms with van der Waals surface area (Å²) in [7, 11) is 0. The highest BCUT2D eigenvalue weighted by Crippen LogP contribution is 2.28. The molecule has 1 aromatic carbocycles. The number of rotatable bonds is 2. The minimum Gasteiger partial charge on any atom is -0.476 e. The summed E-state index contributed by atoms with van der Waals surface area (Å²) in [5, 5.41) is 14.2. The molecule has 18 heavy (non-hydrogen) atoms. The molecular weight excluding hydrogens is 232 g/mol. The van der Waals surface area contributed by atoms with E-state index < -0.39 is 5.97 Å². The van der Waals surface area contributed by atoms with Crippen LogP contribution in [0.4, 0.5) is 0 Å². The van der Waals surface area contributed by atoms with Crippen LogP contribution in [0.1, 0.15) is 10.5 Å². The molecule has 0 amide bonds. The van der Waals surface area contributed by atoms with Crippen LogP contribution >= 0.6 is 0 Å². The molecule has 0 aliphatic carbocycles. The summed E-state index contributed by atoms with van der Waals surface area (Å²) < 4.78 is 5.06. The lowest BCUT2D eigenvalue weighted by molar-refractivity contribution is 0.0686. The third-order valence-corrected chi connectivity index (χ3v) is 2.68. The first-order valence-corrected chi connectivity index (χ1v) is 5.29. The van der Waals surface area contributed by atoms with Crippen LogP contribution < -0.4 is 0 Å². The second-order valence-corrected chi connectivity index (χ2v) is 3.78. The number of aromatic nitrogens is 2. The molecule has 3 rings (SSSR count). The lowest BCUT2D eigenvalue weighted by atomic mass is 10.0. The highest BCUT2D eigenvalue weighted by atomic mass is 16.5. The molecule has 0 aliphatic rings. The molecule has 1 N–H and O–H groups in total. The van der Waals surface area contributed by atoms with E-state index in [1.807, 2.05) is 24.3 Å². The number of hydrogen-bond acceptors (Lipinski definition) is 4. The topological polar surface area (TPSA) is 76.2 Å². The minimum atomic E-state index is -1.11. The molecule has 0 spiro atoms. The van der Waals surface area contributed by atoms with Crippen LogP contribution in [-0.4, -0.2) is 21.2 Å². The van der Waals surface area contributed by atoms with Gasteiger partial charge in [0.05, 0.1) is 0 Å². The van der Waals surface area contributed by atoms with Crippen LogP contribution in [0.3, 0.4) is 0 Å². The molecule has 0 radical (unpaired) electrons. The molecule has 5 nitrogen and oxygen atoms in total. The Kier molecular flexibility index (Phi) is 2.30. The number of aromatic carboxylic acids is 1. The number of hydrogen-bond donors (Lipinski definition) is 1. The van der Waals surface area contributed by atoms with Gasteiger partial charge in [-0.25, -0.2) is 4.79 Å². The van der Waals surface area contributed by atoms with Crippen molar-refractivity contribution in [2.24, 2.45) is 0 Å². The van der Waals surface area contributed by atoms with Gasteiger partial charge in [-0.1, -0.05) is 23.4 Å². The Morgan fingerprint density at radius 3 is 2.94 bits per heavy atom. The monoisotopic (exact) mass is 240 g/mol. The lowest BCUT2D eigenvalue weighted by Gasteiger charge is -2.01. The fraction of sp³-hybridized carbons (Fsp3) is 0. The highest BCUT2D eigenvalue weighted by Gasteiger charge is 2.13. The van der Waals surface area contributed by atoms with Crippen LogP contribution in [-0.2, 0) is 0 Å². The molecule has 3 aromatic rings. The number of benzene rings is 1. The van der Waals surface area contributed by atoms with Gasteiger partial charge in [0.1, 0.15) is 0 Å². The quantitative estimate of drug-likeness (QED) is 0.745. The Bertz CT molecular complexity index is 728. The van der Waals surface area contributed by atoms with E-state index >= 15 is 0 Å². The van der Waals surface area contributed by atoms with Crippen molar-refractivity contribution in [3.8, 4) is 11.3 Å². The fourth-order valence-corrected chi connectivity index (χ4v) is 1.83. The molecule has 0 unspecified atom stereocenters. The zero-order chi connectivity index (χ0) is 12.5. The second-order valence-electron chi connectivity index (χ2n) is 3.78. The van der Waals surface area contributed by atoms with E-state index in [1.165, 1.54) is 6.07 Å². The summed E-state index contributed by atoms with van der Waals surface area (Å²) in [5.74, 6) is -0.686. The number of carbonyl (C=O) groups is 1. The third kappa shape index (κ3) is 1.62. The van der Waals surface area contributed by atoms with Crippen LogP contribution in [0.15, 0.2) is 47.2 Å². The van der Waals surface area contributed by atoms with Gasteiger partial charge in [-0.3, -0.25) is 4.98 Å². The SMILES string of the molecule is O=C(O)c1cc(-c2cccc3ccncc23)on1. The molecule has 2 heterocycles. The molecule has 0 bridgehead atoms. The maximum Gasteiger partial charge on any atom is 0.358 e. The molecule has 0 saturated heterocycles. The fourth-order valence-electron chi connectivity index (χ4n) is 1.83. The lowest BCUT2D eigenvalue weighted by Crippen LogP contribution is -1.94. The Morgan fingerprint density at radius 1 is 1.28 bits per heavy atom. The van der Waals surface area contributed by atoms with Gasteiger partial charge in [0.15, 0.2) is 11.5 Å². The number of pyridine rings is 1. The van der Waals surface area contributed by atoms with Gasteiger partial charge in [-0.05, 0) is 11.5 Å². The first-order chi connectivity index (χ1) is 8.75. The van der Waals surface area contributed by atoms with Crippen LogP contribution in [0.2, 0.25) is 0 Å². The predicted molar refractivity (Wildman–Crippen MR) is 64.2 cm³/mol. The Labute approximate surface area is 102 Å². The zero-order valence-corrected chi connectivity index (χ0v) is 9.20. The van der Waals surface area contributed by atoms with Gasteiger partial charge in [0.2, 0.25) is 0 Å². The Hall–Kier alpha value is -2.69. The van der Waals surface area contributed by atoms with Gasteiger partial charge in [0.25, 0.3) is 0 Å². The number of fused-ring (bicyclic) bond motifs is 1. The van der Waals surface area contributed by atoms with Gasteiger partial charge in [0, 0.05) is 29.4 Å². The van der Waals surface area contributed by atoms with Crippen molar-refractivity contribution in [3.05, 3.63) is 48.4 Å². The first-order valence-electron chi connectivity index (χ1n) is 5.29. The van der Waals surface area contributed by atoms with Crippen molar-refractivity contribution in [2.75, 3.05) is 0 Å². The maximum atomic E-state index is 10.8. The summed E-state index contributed by atoms with van der Waals surface area (Å²) >= 11 is 0. The molecule has 0 saturated carbocycles. The molecule has 2 aromatic heterocycles. The van der Waals surface area contributed by atoms with E-state index in [2.05, 4.69) is 10.1 Å². The normalized spacial score (nSPS) is 10.7. The van der Waals surface area contributed by atoms with E-state index in [0.29, 0.717) is 5.76 Å². The van der Waals surface area contributed by atoms with Crippen molar-refractivity contribution in [1.82, 2.24) is 10.1 Å². The van der Waals surface area contributed by atoms with Gasteiger partial charge < -0.3 is 9.63 Å². The van der Waals surface area contributed by atoms with Crippen molar-refractivity contribution >= 4 is 16.7 Å². The van der Waals surface area contributed by atoms with Crippen molar-refractivity contribution in [1.29, 1.82) is 0 Å². The van der Waals surface area contributed by atoms with Crippen molar-refractivity contribution < 1.29 is 14.4 Å². The van der Waals surface area contributed by atoms with E-state index in [-0.39, 0.29) is 5.69 Å². The van der Waals surface area contributed by atoms with Gasteiger partial charge in [-0.15, -0.1) is 0 Å². The first kappa shape index (κ1) is 10.5. The maximum absolute atomic E-state index is 10.8. The second kappa shape index (κ2) is 3.96. The average Bonchev–Trinajstić information content (AvgIpc) is 2.87. The smallest absolute Gasteiger partial charge is 0.358 e. The third-order valence-electron chi connectivity index (χ3n) is 2.68. The Balaban J connectivity index is 2.21. The standard InChI is InChI=1S/C13H8N2O3/c16-13(17)11-6-12(18-15-11)9-3-1-2-8-4-5-14-7-10(8)9/h1-7H,(H,16,17). The molecule has 88 valence electrons. The molecule has 0 aliphatic heterocycles. The van der Waals surface area contributed by atoms with Crippen LogP contribution in [0.5, 0.6) is 0 Å². The summed E-state index contributed by atoms with van der Waals surface area (Å²) in [4.78, 5) is 14.8. The number of carboxylic acids is 1. The molecule has 0 atom stereocenters. The minimum absolute atomic E-state index is 0.106. The van der Waals surface area contributed by atoms with Crippen molar-refractivity contribution in [3.63, 3.8) is 0 Å². The average molecular weight is 240 g/mol.